The lowest BCUT2D eigenvalue weighted by atomic mass is 10.0. The van der Waals surface area contributed by atoms with E-state index in [-0.39, 0.29) is 16.9 Å². The molecule has 2 heterocycles. The highest BCUT2D eigenvalue weighted by molar-refractivity contribution is 7.92. The number of nitrogens with two attached hydrogens (primary N) is 1. The number of rotatable bonds is 0. The summed E-state index contributed by atoms with van der Waals surface area (Å²) in [5.41, 5.74) is 5.13. The zero-order valence-electron chi connectivity index (χ0n) is 7.85. The summed E-state index contributed by atoms with van der Waals surface area (Å²) in [5.74, 6) is 0.377. The second-order valence-corrected chi connectivity index (χ2v) is 6.39. The van der Waals surface area contributed by atoms with Crippen LogP contribution in [0.15, 0.2) is 0 Å². The quantitative estimate of drug-likeness (QED) is 0.599. The third-order valence-electron chi connectivity index (χ3n) is 3.16. The van der Waals surface area contributed by atoms with Gasteiger partial charge in [-0.25, -0.2) is 13.2 Å². The van der Waals surface area contributed by atoms with Crippen LogP contribution in [0.4, 0.5) is 4.79 Å². The molecule has 5 nitrogen and oxygen atoms in total. The third-order valence-corrected chi connectivity index (χ3v) is 5.47. The number of carbonyl (C=O) groups is 1. The van der Waals surface area contributed by atoms with Crippen molar-refractivity contribution in [2.24, 2.45) is 11.7 Å². The normalized spacial score (nSPS) is 35.3. The van der Waals surface area contributed by atoms with Crippen molar-refractivity contribution in [1.29, 1.82) is 0 Å². The van der Waals surface area contributed by atoms with Crippen LogP contribution in [0.2, 0.25) is 0 Å². The van der Waals surface area contributed by atoms with Gasteiger partial charge < -0.3 is 10.6 Å². The van der Waals surface area contributed by atoms with Gasteiger partial charge in [0.2, 0.25) is 0 Å². The Morgan fingerprint density at radius 2 is 2.07 bits per heavy atom. The first-order valence-corrected chi connectivity index (χ1v) is 6.48. The fourth-order valence-electron chi connectivity index (χ4n) is 2.40. The number of hydrogen-bond acceptors (Lipinski definition) is 3. The van der Waals surface area contributed by atoms with E-state index in [9.17, 15) is 13.2 Å². The van der Waals surface area contributed by atoms with Crippen LogP contribution in [0.5, 0.6) is 0 Å². The molecule has 0 aliphatic carbocycles. The molecule has 80 valence electrons. The van der Waals surface area contributed by atoms with E-state index < -0.39 is 15.9 Å². The van der Waals surface area contributed by atoms with Crippen LogP contribution in [-0.4, -0.2) is 43.4 Å². The summed E-state index contributed by atoms with van der Waals surface area (Å²) in [5, 5.41) is -0.358. The maximum Gasteiger partial charge on any atom is 0.314 e. The van der Waals surface area contributed by atoms with E-state index in [1.54, 1.807) is 0 Å². The lowest BCUT2D eigenvalue weighted by Gasteiger charge is -2.23. The zero-order valence-corrected chi connectivity index (χ0v) is 8.66. The number of hydrogen-bond donors (Lipinski definition) is 1. The van der Waals surface area contributed by atoms with Crippen molar-refractivity contribution in [2.75, 3.05) is 18.8 Å². The summed E-state index contributed by atoms with van der Waals surface area (Å²) in [6, 6.07) is -0.505. The molecule has 2 fully saturated rings. The van der Waals surface area contributed by atoms with Crippen molar-refractivity contribution in [3.63, 3.8) is 0 Å². The summed E-state index contributed by atoms with van der Waals surface area (Å²) in [7, 11) is -2.98. The van der Waals surface area contributed by atoms with Gasteiger partial charge in [-0.1, -0.05) is 0 Å². The molecule has 2 amide bonds. The Balaban J connectivity index is 2.20. The highest BCUT2D eigenvalue weighted by atomic mass is 32.2. The summed E-state index contributed by atoms with van der Waals surface area (Å²) >= 11 is 0. The maximum atomic E-state index is 11.7. The van der Waals surface area contributed by atoms with E-state index in [2.05, 4.69) is 0 Å². The molecule has 2 aliphatic rings. The highest BCUT2D eigenvalue weighted by Crippen LogP contribution is 2.32. The van der Waals surface area contributed by atoms with Crippen molar-refractivity contribution in [1.82, 2.24) is 4.90 Å². The van der Waals surface area contributed by atoms with E-state index in [4.69, 9.17) is 5.73 Å². The van der Waals surface area contributed by atoms with E-state index in [0.717, 1.165) is 12.8 Å². The number of nitrogens with zero attached hydrogens (tertiary/aromatic N) is 1. The zero-order chi connectivity index (χ0) is 10.3. The van der Waals surface area contributed by atoms with Crippen LogP contribution in [0.25, 0.3) is 0 Å². The highest BCUT2D eigenvalue weighted by Gasteiger charge is 2.44. The Morgan fingerprint density at radius 3 is 2.64 bits per heavy atom. The molecule has 2 atom stereocenters. The van der Waals surface area contributed by atoms with Gasteiger partial charge in [0.15, 0.2) is 9.84 Å². The Bertz CT molecular complexity index is 352. The van der Waals surface area contributed by atoms with Crippen LogP contribution in [0.1, 0.15) is 12.8 Å². The Morgan fingerprint density at radius 1 is 1.36 bits per heavy atom. The van der Waals surface area contributed by atoms with Gasteiger partial charge in [0, 0.05) is 13.1 Å². The van der Waals surface area contributed by atoms with Gasteiger partial charge in [-0.3, -0.25) is 0 Å². The van der Waals surface area contributed by atoms with Crippen molar-refractivity contribution in [2.45, 2.75) is 18.1 Å². The second kappa shape index (κ2) is 3.12. The molecular weight excluding hydrogens is 204 g/mol. The van der Waals surface area contributed by atoms with E-state index in [1.165, 1.54) is 4.90 Å². The van der Waals surface area contributed by atoms with Crippen molar-refractivity contribution in [3.8, 4) is 0 Å². The summed E-state index contributed by atoms with van der Waals surface area (Å²) in [4.78, 5) is 12.4. The molecular formula is C8H14N2O3S. The molecule has 6 heteroatoms. The van der Waals surface area contributed by atoms with Gasteiger partial charge in [-0.15, -0.1) is 0 Å². The first-order chi connectivity index (χ1) is 6.50. The summed E-state index contributed by atoms with van der Waals surface area (Å²) in [6.07, 6.45) is 1.61. The van der Waals surface area contributed by atoms with Crippen molar-refractivity contribution < 1.29 is 13.2 Å². The lowest BCUT2D eigenvalue weighted by molar-refractivity contribution is 0.216. The second-order valence-electron chi connectivity index (χ2n) is 4.05. The molecule has 0 aromatic carbocycles. The van der Waals surface area contributed by atoms with Gasteiger partial charge in [-0.2, -0.15) is 0 Å². The minimum absolute atomic E-state index is 0.112. The molecule has 14 heavy (non-hydrogen) atoms. The fourth-order valence-corrected chi connectivity index (χ4v) is 4.49. The van der Waals surface area contributed by atoms with Gasteiger partial charge in [0.1, 0.15) is 0 Å². The largest absolute Gasteiger partial charge is 0.351 e. The van der Waals surface area contributed by atoms with E-state index in [1.807, 2.05) is 0 Å². The smallest absolute Gasteiger partial charge is 0.314 e. The molecule has 0 spiro atoms. The number of fused-ring (bicyclic) bond motifs is 1. The summed E-state index contributed by atoms with van der Waals surface area (Å²) < 4.78 is 23.3. The van der Waals surface area contributed by atoms with Crippen LogP contribution < -0.4 is 5.73 Å². The molecule has 0 unspecified atom stereocenters. The van der Waals surface area contributed by atoms with Crippen molar-refractivity contribution >= 4 is 15.9 Å². The number of likely N-dealkylation sites (tertiary alicyclic amines) is 1. The predicted molar refractivity (Wildman–Crippen MR) is 51.5 cm³/mol. The van der Waals surface area contributed by atoms with Crippen LogP contribution >= 0.6 is 0 Å². The van der Waals surface area contributed by atoms with Gasteiger partial charge in [0.05, 0.1) is 11.0 Å². The van der Waals surface area contributed by atoms with Crippen LogP contribution in [0.3, 0.4) is 0 Å². The molecule has 0 aromatic rings. The first kappa shape index (κ1) is 9.76. The molecule has 2 saturated heterocycles. The molecule has 0 aromatic heterocycles. The van der Waals surface area contributed by atoms with Gasteiger partial charge in [0.25, 0.3) is 0 Å². The first-order valence-electron chi connectivity index (χ1n) is 4.76. The topological polar surface area (TPSA) is 80.5 Å². The molecule has 2 aliphatic heterocycles. The van der Waals surface area contributed by atoms with E-state index >= 15 is 0 Å². The van der Waals surface area contributed by atoms with E-state index in [0.29, 0.717) is 13.1 Å². The minimum atomic E-state index is -2.98. The number of carbonyl (C=O) groups excluding carboxylic acids is 1. The molecule has 0 saturated carbocycles. The monoisotopic (exact) mass is 218 g/mol. The predicted octanol–water partition coefficient (Wildman–Crippen LogP) is -0.426. The third kappa shape index (κ3) is 1.47. The molecule has 2 rings (SSSR count). The standard InChI is InChI=1S/C8H14N2O3S/c9-8(11)10-4-6-2-1-3-14(12,13)7(6)5-10/h6-7H,1-5H2,(H2,9,11)/t6-,7+/m1/s1. The Hall–Kier alpha value is -0.780. The fraction of sp³-hybridized carbons (Fsp3) is 0.875. The average Bonchev–Trinajstić information content (AvgIpc) is 2.48. The minimum Gasteiger partial charge on any atom is -0.351 e. The number of sulfone groups is 1. The van der Waals surface area contributed by atoms with Crippen LogP contribution in [-0.2, 0) is 9.84 Å². The summed E-state index contributed by atoms with van der Waals surface area (Å²) in [6.45, 7) is 0.807. The number of primary amides is 1. The maximum absolute atomic E-state index is 11.7. The molecule has 0 radical (unpaired) electrons. The average molecular weight is 218 g/mol. The van der Waals surface area contributed by atoms with Crippen molar-refractivity contribution in [3.05, 3.63) is 0 Å². The molecule has 2 N–H and O–H groups in total. The van der Waals surface area contributed by atoms with Crippen LogP contribution in [0, 0.1) is 5.92 Å². The SMILES string of the molecule is NC(=O)N1C[C@H]2CCCS(=O)(=O)[C@H]2C1. The number of amides is 2. The molecule has 0 bridgehead atoms. The van der Waals surface area contributed by atoms with Gasteiger partial charge >= 0.3 is 6.03 Å². The Kier molecular flexibility index (Phi) is 2.17. The number of urea groups is 1. The van der Waals surface area contributed by atoms with Gasteiger partial charge in [-0.05, 0) is 18.8 Å². The Labute approximate surface area is 83.2 Å². The lowest BCUT2D eigenvalue weighted by Crippen LogP contribution is -2.37.